The number of carboxylic acid groups (broad SMARTS) is 1. The van der Waals surface area contributed by atoms with Gasteiger partial charge in [-0.2, -0.15) is 0 Å². The summed E-state index contributed by atoms with van der Waals surface area (Å²) in [5, 5.41) is 24.8. The Kier molecular flexibility index (Phi) is 5.61. The van der Waals surface area contributed by atoms with Crippen molar-refractivity contribution in [3.8, 4) is 0 Å². The second-order valence-electron chi connectivity index (χ2n) is 4.01. The molecule has 0 aliphatic carbocycles. The molecule has 9 nitrogen and oxygen atoms in total. The van der Waals surface area contributed by atoms with Gasteiger partial charge < -0.3 is 20.5 Å². The number of nitro groups is 1. The average Bonchev–Trinajstić information content (AvgIpc) is 2.46. The first-order chi connectivity index (χ1) is 9.90. The summed E-state index contributed by atoms with van der Waals surface area (Å²) in [5.41, 5.74) is -0.0800. The first kappa shape index (κ1) is 16.4. The second kappa shape index (κ2) is 7.20. The molecule has 0 saturated heterocycles. The number of rotatable bonds is 7. The monoisotopic (exact) mass is 297 g/mol. The molecule has 21 heavy (non-hydrogen) atoms. The van der Waals surface area contributed by atoms with Crippen molar-refractivity contribution in [1.29, 1.82) is 0 Å². The molecule has 1 unspecified atom stereocenters. The fourth-order valence-electron chi connectivity index (χ4n) is 1.59. The normalized spacial score (nSPS) is 11.5. The van der Waals surface area contributed by atoms with Crippen molar-refractivity contribution in [1.82, 2.24) is 5.32 Å². The van der Waals surface area contributed by atoms with Gasteiger partial charge in [-0.15, -0.1) is 0 Å². The third-order valence-corrected chi connectivity index (χ3v) is 2.72. The van der Waals surface area contributed by atoms with Crippen LogP contribution in [0.4, 0.5) is 11.4 Å². The maximum atomic E-state index is 11.4. The van der Waals surface area contributed by atoms with Gasteiger partial charge in [-0.1, -0.05) is 0 Å². The van der Waals surface area contributed by atoms with Gasteiger partial charge in [0.2, 0.25) is 0 Å². The van der Waals surface area contributed by atoms with E-state index in [1.54, 1.807) is 0 Å². The van der Waals surface area contributed by atoms with Crippen LogP contribution < -0.4 is 10.6 Å². The summed E-state index contributed by atoms with van der Waals surface area (Å²) in [7, 11) is 2.64. The van der Waals surface area contributed by atoms with Crippen LogP contribution in [0.5, 0.6) is 0 Å². The summed E-state index contributed by atoms with van der Waals surface area (Å²) >= 11 is 0. The van der Waals surface area contributed by atoms with Crippen molar-refractivity contribution in [3.05, 3.63) is 33.9 Å². The highest BCUT2D eigenvalue weighted by molar-refractivity contribution is 5.95. The molecule has 114 valence electrons. The number of carbonyl (C=O) groups excluding carboxylic acids is 1. The number of amides is 1. The Labute approximate surface area is 120 Å². The number of carbonyl (C=O) groups is 2. The van der Waals surface area contributed by atoms with E-state index in [9.17, 15) is 19.7 Å². The fourth-order valence-corrected chi connectivity index (χ4v) is 1.59. The lowest BCUT2D eigenvalue weighted by atomic mass is 10.1. The highest BCUT2D eigenvalue weighted by atomic mass is 16.6. The minimum atomic E-state index is -1.19. The number of nitrogens with zero attached hydrogens (tertiary/aromatic N) is 1. The van der Waals surface area contributed by atoms with Crippen LogP contribution in [0.15, 0.2) is 18.2 Å². The number of hydrogen-bond acceptors (Lipinski definition) is 6. The summed E-state index contributed by atoms with van der Waals surface area (Å²) in [6, 6.07) is 3.86. The molecular weight excluding hydrogens is 282 g/mol. The number of methoxy groups -OCH3 is 1. The number of ether oxygens (including phenoxy) is 1. The highest BCUT2D eigenvalue weighted by Gasteiger charge is 2.20. The lowest BCUT2D eigenvalue weighted by Gasteiger charge is -2.13. The average molecular weight is 297 g/mol. The van der Waals surface area contributed by atoms with E-state index in [4.69, 9.17) is 9.84 Å². The largest absolute Gasteiger partial charge is 0.479 e. The molecule has 0 aliphatic rings. The molecule has 3 N–H and O–H groups in total. The molecule has 0 bridgehead atoms. The molecule has 0 spiro atoms. The number of anilines is 1. The van der Waals surface area contributed by atoms with Gasteiger partial charge in [-0.25, -0.2) is 4.79 Å². The number of nitrogens with one attached hydrogen (secondary N) is 2. The molecule has 0 aliphatic heterocycles. The minimum Gasteiger partial charge on any atom is -0.479 e. The summed E-state index contributed by atoms with van der Waals surface area (Å²) in [6.45, 7) is -0.147. The van der Waals surface area contributed by atoms with Crippen molar-refractivity contribution < 1.29 is 24.4 Å². The van der Waals surface area contributed by atoms with Crippen LogP contribution in [-0.4, -0.2) is 48.7 Å². The predicted octanol–water partition coefficient (Wildman–Crippen LogP) is 0.466. The van der Waals surface area contributed by atoms with E-state index < -0.39 is 22.9 Å². The van der Waals surface area contributed by atoms with E-state index in [1.165, 1.54) is 26.3 Å². The minimum absolute atomic E-state index is 0.107. The third kappa shape index (κ3) is 4.14. The number of hydrogen-bond donors (Lipinski definition) is 3. The number of nitro benzene ring substituents is 1. The lowest BCUT2D eigenvalue weighted by molar-refractivity contribution is -0.384. The maximum Gasteiger partial charge on any atom is 0.334 e. The van der Waals surface area contributed by atoms with Crippen LogP contribution in [0.2, 0.25) is 0 Å². The Hall–Kier alpha value is -2.68. The van der Waals surface area contributed by atoms with Gasteiger partial charge in [-0.3, -0.25) is 14.9 Å². The number of carboxylic acids is 1. The Balaban J connectivity index is 2.99. The quantitative estimate of drug-likeness (QED) is 0.492. The first-order valence-electron chi connectivity index (χ1n) is 5.90. The van der Waals surface area contributed by atoms with Gasteiger partial charge in [0.15, 0.2) is 6.10 Å². The van der Waals surface area contributed by atoms with Crippen LogP contribution in [0.1, 0.15) is 10.4 Å². The molecule has 0 saturated carbocycles. The molecule has 1 aromatic carbocycles. The smallest absolute Gasteiger partial charge is 0.334 e. The fraction of sp³-hybridized carbons (Fsp3) is 0.333. The van der Waals surface area contributed by atoms with Gasteiger partial charge in [0.05, 0.1) is 11.5 Å². The summed E-state index contributed by atoms with van der Waals surface area (Å²) in [4.78, 5) is 32.6. The molecule has 0 heterocycles. The topological polar surface area (TPSA) is 131 Å². The van der Waals surface area contributed by atoms with Crippen molar-refractivity contribution in [3.63, 3.8) is 0 Å². The molecular formula is C12H15N3O6. The van der Waals surface area contributed by atoms with Crippen LogP contribution in [0, 0.1) is 10.1 Å². The van der Waals surface area contributed by atoms with Gasteiger partial charge >= 0.3 is 5.97 Å². The van der Waals surface area contributed by atoms with Crippen LogP contribution in [0.25, 0.3) is 0 Å². The van der Waals surface area contributed by atoms with E-state index in [0.29, 0.717) is 0 Å². The zero-order valence-electron chi connectivity index (χ0n) is 11.5. The van der Waals surface area contributed by atoms with E-state index in [1.807, 2.05) is 0 Å². The molecule has 1 aromatic rings. The standard InChI is InChI=1S/C12H15N3O6/c1-13-11(16)7-3-4-8(9(5-7)15(19)20)14-6-10(21-2)12(17)18/h3-5,10,14H,6H2,1-2H3,(H,13,16)(H,17,18). The van der Waals surface area contributed by atoms with Crippen molar-refractivity contribution in [2.45, 2.75) is 6.10 Å². The Morgan fingerprint density at radius 1 is 1.48 bits per heavy atom. The molecule has 1 amide bonds. The summed E-state index contributed by atoms with van der Waals surface area (Å²) in [5.74, 6) is -1.64. The lowest BCUT2D eigenvalue weighted by Crippen LogP contribution is -2.30. The van der Waals surface area contributed by atoms with Gasteiger partial charge in [0, 0.05) is 25.8 Å². The molecule has 9 heteroatoms. The van der Waals surface area contributed by atoms with Gasteiger partial charge in [0.1, 0.15) is 5.69 Å². The van der Waals surface area contributed by atoms with E-state index >= 15 is 0 Å². The number of aliphatic carboxylic acids is 1. The van der Waals surface area contributed by atoms with Crippen LogP contribution in [0.3, 0.4) is 0 Å². The van der Waals surface area contributed by atoms with Crippen LogP contribution >= 0.6 is 0 Å². The highest BCUT2D eigenvalue weighted by Crippen LogP contribution is 2.25. The molecule has 1 rings (SSSR count). The third-order valence-electron chi connectivity index (χ3n) is 2.72. The van der Waals surface area contributed by atoms with Gasteiger partial charge in [0.25, 0.3) is 11.6 Å². The Bertz CT molecular complexity index is 560. The van der Waals surface area contributed by atoms with Crippen molar-refractivity contribution in [2.75, 3.05) is 26.0 Å². The van der Waals surface area contributed by atoms with E-state index in [2.05, 4.69) is 10.6 Å². The zero-order valence-corrected chi connectivity index (χ0v) is 11.5. The molecule has 0 radical (unpaired) electrons. The Morgan fingerprint density at radius 2 is 2.14 bits per heavy atom. The summed E-state index contributed by atoms with van der Waals surface area (Å²) < 4.78 is 4.72. The van der Waals surface area contributed by atoms with E-state index in [0.717, 1.165) is 6.07 Å². The zero-order chi connectivity index (χ0) is 16.0. The van der Waals surface area contributed by atoms with E-state index in [-0.39, 0.29) is 23.5 Å². The van der Waals surface area contributed by atoms with Crippen LogP contribution in [-0.2, 0) is 9.53 Å². The number of benzene rings is 1. The molecule has 0 aromatic heterocycles. The Morgan fingerprint density at radius 3 is 2.62 bits per heavy atom. The van der Waals surface area contributed by atoms with Crippen molar-refractivity contribution in [2.24, 2.45) is 0 Å². The molecule has 1 atom stereocenters. The predicted molar refractivity (Wildman–Crippen MR) is 73.4 cm³/mol. The maximum absolute atomic E-state index is 11.4. The molecule has 0 fully saturated rings. The summed E-state index contributed by atoms with van der Waals surface area (Å²) in [6.07, 6.45) is -1.14. The van der Waals surface area contributed by atoms with Crippen molar-refractivity contribution >= 4 is 23.3 Å². The second-order valence-corrected chi connectivity index (χ2v) is 4.01. The first-order valence-corrected chi connectivity index (χ1v) is 5.90. The van der Waals surface area contributed by atoms with Gasteiger partial charge in [-0.05, 0) is 12.1 Å². The SMILES string of the molecule is CNC(=O)c1ccc(NCC(OC)C(=O)O)c([N+](=O)[O-])c1.